The van der Waals surface area contributed by atoms with Gasteiger partial charge >= 0.3 is 0 Å². The number of hydrogen-bond donors (Lipinski definition) is 1. The lowest BCUT2D eigenvalue weighted by Gasteiger charge is -2.26. The number of hydrogen-bond acceptors (Lipinski definition) is 4. The standard InChI is InChI=1S/C27H23F2N3O3/c1-16-25-22(14-24(33)30-27(25)32(31-16)20-9-4-8-19(29)13-20)21-10-5-11-23(34-2)26(21)35-15-17-6-3-7-18(28)12-17/h3-13,22H,14-15H2,1-2H3,(H,30,33)/t22-/m0/s1. The van der Waals surface area contributed by atoms with E-state index in [1.54, 1.807) is 42.1 Å². The molecule has 2 heterocycles. The summed E-state index contributed by atoms with van der Waals surface area (Å²) >= 11 is 0. The Kier molecular flexibility index (Phi) is 5.94. The second-order valence-corrected chi connectivity index (χ2v) is 8.34. The quantitative estimate of drug-likeness (QED) is 0.399. The van der Waals surface area contributed by atoms with Crippen LogP contribution in [0.25, 0.3) is 5.69 Å². The maximum atomic E-state index is 13.9. The number of aryl methyl sites for hydroxylation is 1. The molecule has 5 rings (SSSR count). The smallest absolute Gasteiger partial charge is 0.226 e. The predicted molar refractivity (Wildman–Crippen MR) is 127 cm³/mol. The van der Waals surface area contributed by atoms with E-state index < -0.39 is 5.82 Å². The SMILES string of the molecule is COc1cccc([C@@H]2CC(=O)Nc3c2c(C)nn3-c2cccc(F)c2)c1OCc1cccc(F)c1. The number of fused-ring (bicyclic) bond motifs is 1. The van der Waals surface area contributed by atoms with E-state index in [9.17, 15) is 13.6 Å². The van der Waals surface area contributed by atoms with E-state index in [0.717, 1.165) is 11.1 Å². The van der Waals surface area contributed by atoms with Gasteiger partial charge in [0.25, 0.3) is 0 Å². The van der Waals surface area contributed by atoms with Crippen molar-refractivity contribution in [2.75, 3.05) is 12.4 Å². The third-order valence-corrected chi connectivity index (χ3v) is 6.03. The molecule has 0 spiro atoms. The third-order valence-electron chi connectivity index (χ3n) is 6.03. The van der Waals surface area contributed by atoms with Crippen LogP contribution in [0.15, 0.2) is 66.7 Å². The van der Waals surface area contributed by atoms with Crippen LogP contribution in [-0.4, -0.2) is 22.8 Å². The van der Waals surface area contributed by atoms with Crippen LogP contribution in [-0.2, 0) is 11.4 Å². The highest BCUT2D eigenvalue weighted by molar-refractivity contribution is 5.95. The highest BCUT2D eigenvalue weighted by atomic mass is 19.1. The molecular formula is C27H23F2N3O3. The molecule has 0 radical (unpaired) electrons. The van der Waals surface area contributed by atoms with Crippen molar-refractivity contribution in [2.24, 2.45) is 0 Å². The van der Waals surface area contributed by atoms with Crippen molar-refractivity contribution in [1.82, 2.24) is 9.78 Å². The van der Waals surface area contributed by atoms with Gasteiger partial charge in [-0.05, 0) is 48.9 Å². The molecule has 35 heavy (non-hydrogen) atoms. The number of nitrogens with zero attached hydrogens (tertiary/aromatic N) is 2. The first-order valence-corrected chi connectivity index (χ1v) is 11.1. The Bertz CT molecular complexity index is 1420. The number of rotatable bonds is 6. The normalized spacial score (nSPS) is 14.9. The van der Waals surface area contributed by atoms with Crippen LogP contribution in [0, 0.1) is 18.6 Å². The molecule has 0 unspecified atom stereocenters. The fourth-order valence-corrected chi connectivity index (χ4v) is 4.51. The molecule has 1 atom stereocenters. The van der Waals surface area contributed by atoms with Crippen LogP contribution < -0.4 is 14.8 Å². The molecule has 1 N–H and O–H groups in total. The topological polar surface area (TPSA) is 65.4 Å². The minimum atomic E-state index is -0.399. The number of anilines is 1. The average Bonchev–Trinajstić information content (AvgIpc) is 3.18. The summed E-state index contributed by atoms with van der Waals surface area (Å²) < 4.78 is 40.8. The van der Waals surface area contributed by atoms with Gasteiger partial charge in [-0.25, -0.2) is 13.5 Å². The van der Waals surface area contributed by atoms with Crippen molar-refractivity contribution in [2.45, 2.75) is 25.9 Å². The molecule has 1 aromatic heterocycles. The zero-order valence-corrected chi connectivity index (χ0v) is 19.2. The summed E-state index contributed by atoms with van der Waals surface area (Å²) in [6.45, 7) is 1.98. The number of carbonyl (C=O) groups is 1. The summed E-state index contributed by atoms with van der Waals surface area (Å²) in [5, 5.41) is 7.52. The van der Waals surface area contributed by atoms with Crippen molar-refractivity contribution in [1.29, 1.82) is 0 Å². The van der Waals surface area contributed by atoms with Crippen LogP contribution >= 0.6 is 0 Å². The van der Waals surface area contributed by atoms with E-state index >= 15 is 0 Å². The van der Waals surface area contributed by atoms with E-state index in [0.29, 0.717) is 34.3 Å². The molecule has 178 valence electrons. The van der Waals surface area contributed by atoms with Gasteiger partial charge in [0.05, 0.1) is 18.5 Å². The zero-order chi connectivity index (χ0) is 24.5. The maximum absolute atomic E-state index is 13.9. The lowest BCUT2D eigenvalue weighted by molar-refractivity contribution is -0.116. The van der Waals surface area contributed by atoms with E-state index in [1.165, 1.54) is 24.3 Å². The van der Waals surface area contributed by atoms with Gasteiger partial charge in [0.1, 0.15) is 24.1 Å². The van der Waals surface area contributed by atoms with Gasteiger partial charge in [0, 0.05) is 23.5 Å². The molecule has 1 amide bonds. The van der Waals surface area contributed by atoms with Crippen LogP contribution in [0.3, 0.4) is 0 Å². The first kappa shape index (κ1) is 22.6. The first-order valence-electron chi connectivity index (χ1n) is 11.1. The average molecular weight is 475 g/mol. The van der Waals surface area contributed by atoms with Crippen LogP contribution in [0.4, 0.5) is 14.6 Å². The number of ether oxygens (including phenoxy) is 2. The molecule has 0 saturated heterocycles. The molecule has 0 bridgehead atoms. The first-order chi connectivity index (χ1) is 16.9. The minimum Gasteiger partial charge on any atom is -0.493 e. The fourth-order valence-electron chi connectivity index (χ4n) is 4.51. The Morgan fingerprint density at radius 2 is 1.80 bits per heavy atom. The maximum Gasteiger partial charge on any atom is 0.226 e. The number of carbonyl (C=O) groups excluding carboxylic acids is 1. The summed E-state index contributed by atoms with van der Waals surface area (Å²) in [4.78, 5) is 12.8. The number of benzene rings is 3. The fraction of sp³-hybridized carbons (Fsp3) is 0.185. The molecule has 1 aliphatic heterocycles. The monoisotopic (exact) mass is 475 g/mol. The lowest BCUT2D eigenvalue weighted by Crippen LogP contribution is -2.25. The summed E-state index contributed by atoms with van der Waals surface area (Å²) in [6, 6.07) is 17.7. The van der Waals surface area contributed by atoms with Gasteiger partial charge in [0.2, 0.25) is 5.91 Å². The molecule has 0 aliphatic carbocycles. The van der Waals surface area contributed by atoms with Crippen LogP contribution in [0.2, 0.25) is 0 Å². The van der Waals surface area contributed by atoms with Gasteiger partial charge in [-0.3, -0.25) is 4.79 Å². The summed E-state index contributed by atoms with van der Waals surface area (Å²) in [5.41, 5.74) is 3.44. The largest absolute Gasteiger partial charge is 0.493 e. The van der Waals surface area contributed by atoms with E-state index in [1.807, 2.05) is 19.1 Å². The number of halogens is 2. The Morgan fingerprint density at radius 3 is 2.54 bits per heavy atom. The van der Waals surface area contributed by atoms with Gasteiger partial charge in [0.15, 0.2) is 11.5 Å². The Morgan fingerprint density at radius 1 is 1.06 bits per heavy atom. The summed E-state index contributed by atoms with van der Waals surface area (Å²) in [5.74, 6) is 0.152. The lowest BCUT2D eigenvalue weighted by atomic mass is 9.85. The predicted octanol–water partition coefficient (Wildman–Crippen LogP) is 5.52. The molecular weight excluding hydrogens is 452 g/mol. The van der Waals surface area contributed by atoms with Crippen molar-refractivity contribution >= 4 is 11.7 Å². The molecule has 3 aromatic carbocycles. The van der Waals surface area contributed by atoms with Crippen molar-refractivity contribution in [3.8, 4) is 17.2 Å². The van der Waals surface area contributed by atoms with E-state index in [-0.39, 0.29) is 30.7 Å². The summed E-state index contributed by atoms with van der Waals surface area (Å²) in [6.07, 6.45) is 0.173. The Hall–Kier alpha value is -4.20. The number of aromatic nitrogens is 2. The molecule has 0 saturated carbocycles. The number of nitrogens with one attached hydrogen (secondary N) is 1. The van der Waals surface area contributed by atoms with Crippen molar-refractivity contribution < 1.29 is 23.0 Å². The number of para-hydroxylation sites is 1. The van der Waals surface area contributed by atoms with Crippen LogP contribution in [0.5, 0.6) is 11.5 Å². The minimum absolute atomic E-state index is 0.123. The second kappa shape index (κ2) is 9.21. The van der Waals surface area contributed by atoms with Crippen LogP contribution in [0.1, 0.15) is 34.7 Å². The van der Waals surface area contributed by atoms with Gasteiger partial charge in [-0.1, -0.05) is 30.3 Å². The second-order valence-electron chi connectivity index (χ2n) is 8.34. The molecule has 0 fully saturated rings. The third kappa shape index (κ3) is 4.35. The Labute approximate surface area is 201 Å². The highest BCUT2D eigenvalue weighted by Gasteiger charge is 2.35. The van der Waals surface area contributed by atoms with Gasteiger partial charge in [-0.15, -0.1) is 0 Å². The van der Waals surface area contributed by atoms with Crippen molar-refractivity contribution in [3.63, 3.8) is 0 Å². The Balaban J connectivity index is 1.59. The summed E-state index contributed by atoms with van der Waals surface area (Å²) in [7, 11) is 1.54. The van der Waals surface area contributed by atoms with Gasteiger partial charge in [-0.2, -0.15) is 5.10 Å². The zero-order valence-electron chi connectivity index (χ0n) is 19.2. The van der Waals surface area contributed by atoms with Crippen molar-refractivity contribution in [3.05, 3.63) is 101 Å². The number of methoxy groups -OCH3 is 1. The van der Waals surface area contributed by atoms with E-state index in [2.05, 4.69) is 10.4 Å². The molecule has 8 heteroatoms. The molecule has 1 aliphatic rings. The highest BCUT2D eigenvalue weighted by Crippen LogP contribution is 2.46. The van der Waals surface area contributed by atoms with E-state index in [4.69, 9.17) is 9.47 Å². The molecule has 6 nitrogen and oxygen atoms in total. The molecule has 4 aromatic rings. The van der Waals surface area contributed by atoms with Gasteiger partial charge < -0.3 is 14.8 Å². The number of amides is 1.